The summed E-state index contributed by atoms with van der Waals surface area (Å²) in [5, 5.41) is 3.48. The van der Waals surface area contributed by atoms with Gasteiger partial charge >= 0.3 is 0 Å². The second-order valence-electron chi connectivity index (χ2n) is 6.50. The van der Waals surface area contributed by atoms with Crippen LogP contribution in [0.4, 0.5) is 0 Å². The van der Waals surface area contributed by atoms with Gasteiger partial charge in [-0.05, 0) is 30.0 Å². The van der Waals surface area contributed by atoms with Crippen LogP contribution in [-0.4, -0.2) is 23.8 Å². The van der Waals surface area contributed by atoms with Crippen molar-refractivity contribution in [2.24, 2.45) is 5.41 Å². The van der Waals surface area contributed by atoms with Gasteiger partial charge in [0.1, 0.15) is 5.41 Å². The average molecular weight is 357 g/mol. The van der Waals surface area contributed by atoms with E-state index in [0.29, 0.717) is 31.0 Å². The van der Waals surface area contributed by atoms with Crippen molar-refractivity contribution >= 4 is 23.4 Å². The molecule has 1 fully saturated rings. The van der Waals surface area contributed by atoms with Gasteiger partial charge in [0, 0.05) is 25.2 Å². The van der Waals surface area contributed by atoms with E-state index in [1.165, 1.54) is 0 Å². The molecule has 2 aromatic rings. The van der Waals surface area contributed by atoms with Crippen molar-refractivity contribution in [2.45, 2.75) is 25.9 Å². The van der Waals surface area contributed by atoms with Gasteiger partial charge < -0.3 is 10.2 Å². The van der Waals surface area contributed by atoms with Crippen LogP contribution in [0.3, 0.4) is 0 Å². The Labute approximate surface area is 152 Å². The summed E-state index contributed by atoms with van der Waals surface area (Å²) < 4.78 is 0. The lowest BCUT2D eigenvalue weighted by atomic mass is 10.0. The Bertz CT molecular complexity index is 772. The fourth-order valence-electron chi connectivity index (χ4n) is 2.94. The topological polar surface area (TPSA) is 49.4 Å². The summed E-state index contributed by atoms with van der Waals surface area (Å²) >= 11 is 6.11. The normalized spacial score (nSPS) is 14.6. The highest BCUT2D eigenvalue weighted by Crippen LogP contribution is 2.47. The molecule has 0 spiro atoms. The Morgan fingerprint density at radius 1 is 1.08 bits per heavy atom. The number of hydrogen-bond acceptors (Lipinski definition) is 2. The Morgan fingerprint density at radius 3 is 2.36 bits per heavy atom. The lowest BCUT2D eigenvalue weighted by Gasteiger charge is -2.23. The molecule has 1 N–H and O–H groups in total. The van der Waals surface area contributed by atoms with Gasteiger partial charge in [-0.15, -0.1) is 0 Å². The van der Waals surface area contributed by atoms with Crippen molar-refractivity contribution in [3.05, 3.63) is 70.7 Å². The predicted molar refractivity (Wildman–Crippen MR) is 97.9 cm³/mol. The molecule has 0 bridgehead atoms. The second kappa shape index (κ2) is 7.28. The minimum atomic E-state index is -0.912. The first-order valence-electron chi connectivity index (χ1n) is 8.34. The lowest BCUT2D eigenvalue weighted by Crippen LogP contribution is -2.43. The molecule has 0 aromatic heterocycles. The molecule has 1 aliphatic carbocycles. The molecule has 0 aliphatic heterocycles. The maximum absolute atomic E-state index is 12.8. The molecule has 4 nitrogen and oxygen atoms in total. The van der Waals surface area contributed by atoms with Crippen LogP contribution in [0.5, 0.6) is 0 Å². The molecule has 1 saturated carbocycles. The van der Waals surface area contributed by atoms with E-state index in [1.54, 1.807) is 18.0 Å². The summed E-state index contributed by atoms with van der Waals surface area (Å²) in [5.41, 5.74) is 0.981. The highest BCUT2D eigenvalue weighted by Gasteiger charge is 2.57. The molecule has 0 atom stereocenters. The fraction of sp³-hybridized carbons (Fsp3) is 0.300. The van der Waals surface area contributed by atoms with Gasteiger partial charge in [0.25, 0.3) is 0 Å². The third kappa shape index (κ3) is 3.85. The summed E-state index contributed by atoms with van der Waals surface area (Å²) in [6.45, 7) is 0.829. The number of halogens is 1. The van der Waals surface area contributed by atoms with Crippen molar-refractivity contribution in [3.63, 3.8) is 0 Å². The van der Waals surface area contributed by atoms with Gasteiger partial charge in [0.05, 0.1) is 0 Å². The molecule has 2 aromatic carbocycles. The van der Waals surface area contributed by atoms with E-state index in [-0.39, 0.29) is 11.8 Å². The molecular weight excluding hydrogens is 336 g/mol. The van der Waals surface area contributed by atoms with Crippen LogP contribution < -0.4 is 5.32 Å². The molecule has 0 unspecified atom stereocenters. The van der Waals surface area contributed by atoms with Gasteiger partial charge in [-0.1, -0.05) is 60.1 Å². The SMILES string of the molecule is CN(Cc1ccccc1)C(=O)C1(C(=O)NCc2ccccc2Cl)CC1. The van der Waals surface area contributed by atoms with Gasteiger partial charge in [0.2, 0.25) is 11.8 Å². The van der Waals surface area contributed by atoms with E-state index in [0.717, 1.165) is 11.1 Å². The Morgan fingerprint density at radius 2 is 1.72 bits per heavy atom. The first kappa shape index (κ1) is 17.5. The number of carbonyl (C=O) groups excluding carboxylic acids is 2. The van der Waals surface area contributed by atoms with Crippen molar-refractivity contribution in [2.75, 3.05) is 7.05 Å². The molecule has 3 rings (SSSR count). The fourth-order valence-corrected chi connectivity index (χ4v) is 3.15. The van der Waals surface area contributed by atoms with Gasteiger partial charge in [-0.3, -0.25) is 9.59 Å². The summed E-state index contributed by atoms with van der Waals surface area (Å²) in [6.07, 6.45) is 1.19. The van der Waals surface area contributed by atoms with Gasteiger partial charge in [-0.2, -0.15) is 0 Å². The second-order valence-corrected chi connectivity index (χ2v) is 6.91. The molecule has 0 saturated heterocycles. The van der Waals surface area contributed by atoms with Crippen LogP contribution in [0.1, 0.15) is 24.0 Å². The monoisotopic (exact) mass is 356 g/mol. The number of rotatable bonds is 6. The molecule has 5 heteroatoms. The third-order valence-corrected chi connectivity index (χ3v) is 4.97. The van der Waals surface area contributed by atoms with Crippen LogP contribution in [0.15, 0.2) is 54.6 Å². The molecule has 130 valence electrons. The number of hydrogen-bond donors (Lipinski definition) is 1. The zero-order valence-corrected chi connectivity index (χ0v) is 14.9. The molecule has 0 radical (unpaired) electrons. The molecule has 1 aliphatic rings. The van der Waals surface area contributed by atoms with Gasteiger partial charge in [0.15, 0.2) is 0 Å². The number of amides is 2. The van der Waals surface area contributed by atoms with E-state index in [1.807, 2.05) is 48.5 Å². The van der Waals surface area contributed by atoms with Crippen LogP contribution in [0, 0.1) is 5.41 Å². The number of nitrogens with one attached hydrogen (secondary N) is 1. The smallest absolute Gasteiger partial charge is 0.238 e. The molecule has 0 heterocycles. The van der Waals surface area contributed by atoms with E-state index in [9.17, 15) is 9.59 Å². The number of carbonyl (C=O) groups is 2. The zero-order chi connectivity index (χ0) is 17.9. The Hall–Kier alpha value is -2.33. The Kier molecular flexibility index (Phi) is 5.09. The minimum absolute atomic E-state index is 0.118. The predicted octanol–water partition coefficient (Wildman–Crippen LogP) is 3.40. The standard InChI is InChI=1S/C20H21ClN2O2/c1-23(14-15-7-3-2-4-8-15)19(25)20(11-12-20)18(24)22-13-16-9-5-6-10-17(16)21/h2-10H,11-14H2,1H3,(H,22,24). The van der Waals surface area contributed by atoms with Crippen molar-refractivity contribution in [1.29, 1.82) is 0 Å². The number of nitrogens with zero attached hydrogens (tertiary/aromatic N) is 1. The maximum Gasteiger partial charge on any atom is 0.238 e. The zero-order valence-electron chi connectivity index (χ0n) is 14.2. The summed E-state index contributed by atoms with van der Waals surface area (Å²) in [4.78, 5) is 27.0. The van der Waals surface area contributed by atoms with Gasteiger partial charge in [-0.25, -0.2) is 0 Å². The Balaban J connectivity index is 1.61. The number of benzene rings is 2. The average Bonchev–Trinajstić information content (AvgIpc) is 3.43. The third-order valence-electron chi connectivity index (χ3n) is 4.60. The summed E-state index contributed by atoms with van der Waals surface area (Å²) in [6, 6.07) is 17.1. The maximum atomic E-state index is 12.8. The van der Waals surface area contributed by atoms with Crippen LogP contribution in [-0.2, 0) is 22.7 Å². The van der Waals surface area contributed by atoms with E-state index in [2.05, 4.69) is 5.32 Å². The largest absolute Gasteiger partial charge is 0.351 e. The first-order chi connectivity index (χ1) is 12.0. The highest BCUT2D eigenvalue weighted by atomic mass is 35.5. The minimum Gasteiger partial charge on any atom is -0.351 e. The van der Waals surface area contributed by atoms with Crippen LogP contribution in [0.2, 0.25) is 5.02 Å². The molecule has 25 heavy (non-hydrogen) atoms. The highest BCUT2D eigenvalue weighted by molar-refractivity contribution is 6.31. The molecular formula is C20H21ClN2O2. The lowest BCUT2D eigenvalue weighted by molar-refractivity contribution is -0.143. The van der Waals surface area contributed by atoms with Crippen LogP contribution >= 0.6 is 11.6 Å². The first-order valence-corrected chi connectivity index (χ1v) is 8.72. The van der Waals surface area contributed by atoms with Crippen molar-refractivity contribution < 1.29 is 9.59 Å². The summed E-state index contributed by atoms with van der Waals surface area (Å²) in [5.74, 6) is -0.328. The van der Waals surface area contributed by atoms with Crippen molar-refractivity contribution in [3.8, 4) is 0 Å². The van der Waals surface area contributed by atoms with E-state index >= 15 is 0 Å². The van der Waals surface area contributed by atoms with Crippen molar-refractivity contribution in [1.82, 2.24) is 10.2 Å². The van der Waals surface area contributed by atoms with Crippen LogP contribution in [0.25, 0.3) is 0 Å². The van der Waals surface area contributed by atoms with E-state index in [4.69, 9.17) is 11.6 Å². The summed E-state index contributed by atoms with van der Waals surface area (Å²) in [7, 11) is 1.75. The molecule has 2 amide bonds. The quantitative estimate of drug-likeness (QED) is 0.806. The van der Waals surface area contributed by atoms with E-state index < -0.39 is 5.41 Å².